The number of nitrogens with one attached hydrogen (secondary N) is 2. The number of amides is 1. The molecule has 0 spiro atoms. The molecule has 3 N–H and O–H groups in total. The van der Waals surface area contributed by atoms with Gasteiger partial charge in [-0.1, -0.05) is 30.7 Å². The summed E-state index contributed by atoms with van der Waals surface area (Å²) < 4.78 is 0. The van der Waals surface area contributed by atoms with E-state index in [9.17, 15) is 24.8 Å². The third kappa shape index (κ3) is 5.22. The van der Waals surface area contributed by atoms with E-state index in [0.717, 1.165) is 25.3 Å². The van der Waals surface area contributed by atoms with Crippen LogP contribution >= 0.6 is 0 Å². The smallest absolute Gasteiger partial charge is 0.335 e. The number of nitro groups is 1. The molecule has 2 aliphatic heterocycles. The van der Waals surface area contributed by atoms with E-state index in [0.29, 0.717) is 22.5 Å². The first kappa shape index (κ1) is 24.2. The number of hydrogen-bond donors (Lipinski definition) is 3. The van der Waals surface area contributed by atoms with Crippen LogP contribution in [0.2, 0.25) is 0 Å². The number of nitro benzene ring substituents is 1. The van der Waals surface area contributed by atoms with Gasteiger partial charge < -0.3 is 15.7 Å². The van der Waals surface area contributed by atoms with Gasteiger partial charge in [-0.05, 0) is 67.4 Å². The summed E-state index contributed by atoms with van der Waals surface area (Å²) in [5.74, 6) is -1.46. The second-order valence-corrected chi connectivity index (χ2v) is 9.23. The Morgan fingerprint density at radius 3 is 2.30 bits per heavy atom. The summed E-state index contributed by atoms with van der Waals surface area (Å²) in [5.41, 5.74) is 4.04. The van der Waals surface area contributed by atoms with Crippen molar-refractivity contribution >= 4 is 40.2 Å². The van der Waals surface area contributed by atoms with Crippen LogP contribution in [0.25, 0.3) is 11.3 Å². The van der Waals surface area contributed by atoms with Gasteiger partial charge in [0, 0.05) is 35.6 Å². The summed E-state index contributed by atoms with van der Waals surface area (Å²) in [6.07, 6.45) is 3.72. The van der Waals surface area contributed by atoms with Crippen molar-refractivity contribution in [1.29, 1.82) is 0 Å². The van der Waals surface area contributed by atoms with E-state index in [2.05, 4.69) is 15.5 Å². The number of likely N-dealkylation sites (tertiary alicyclic amines) is 1. The highest BCUT2D eigenvalue weighted by molar-refractivity contribution is 6.37. The maximum absolute atomic E-state index is 13.1. The van der Waals surface area contributed by atoms with Crippen LogP contribution in [-0.2, 0) is 11.3 Å². The number of piperidine rings is 1. The summed E-state index contributed by atoms with van der Waals surface area (Å²) in [4.78, 5) is 37.8. The first-order valence-corrected chi connectivity index (χ1v) is 12.2. The number of fused-ring (bicyclic) bond motifs is 1. The summed E-state index contributed by atoms with van der Waals surface area (Å²) in [6.45, 7) is 3.08. The molecule has 0 aromatic heterocycles. The number of carbonyl (C=O) groups excluding carboxylic acids is 1. The largest absolute Gasteiger partial charge is 0.478 e. The van der Waals surface area contributed by atoms with Gasteiger partial charge in [-0.3, -0.25) is 19.8 Å². The van der Waals surface area contributed by atoms with Crippen molar-refractivity contribution < 1.29 is 19.6 Å². The fraction of sp³-hybridized carbons (Fsp3) is 0.214. The number of non-ortho nitro benzene ring substituents is 1. The Hall–Kier alpha value is -4.50. The Kier molecular flexibility index (Phi) is 6.70. The van der Waals surface area contributed by atoms with Crippen LogP contribution in [0.15, 0.2) is 66.7 Å². The minimum atomic E-state index is -1.06. The molecule has 3 aromatic rings. The number of carbonyl (C=O) groups is 2. The molecule has 1 amide bonds. The van der Waals surface area contributed by atoms with Gasteiger partial charge in [0.05, 0.1) is 21.8 Å². The van der Waals surface area contributed by atoms with Crippen molar-refractivity contribution in [3.05, 3.63) is 99.1 Å². The average Bonchev–Trinajstić information content (AvgIpc) is 3.23. The first-order valence-electron chi connectivity index (χ1n) is 12.2. The highest BCUT2D eigenvalue weighted by Gasteiger charge is 2.30. The molecule has 2 heterocycles. The number of carboxylic acids is 1. The predicted molar refractivity (Wildman–Crippen MR) is 141 cm³/mol. The lowest BCUT2D eigenvalue weighted by molar-refractivity contribution is -0.384. The average molecular weight is 499 g/mol. The van der Waals surface area contributed by atoms with Gasteiger partial charge in [-0.2, -0.15) is 0 Å². The molecule has 37 heavy (non-hydrogen) atoms. The fourth-order valence-electron chi connectivity index (χ4n) is 4.79. The van der Waals surface area contributed by atoms with Gasteiger partial charge in [0.2, 0.25) is 0 Å². The molecule has 188 valence electrons. The normalized spacial score (nSPS) is 16.6. The Labute approximate surface area is 213 Å². The zero-order valence-corrected chi connectivity index (χ0v) is 20.1. The van der Waals surface area contributed by atoms with Crippen molar-refractivity contribution in [3.8, 4) is 0 Å². The van der Waals surface area contributed by atoms with E-state index >= 15 is 0 Å². The van der Waals surface area contributed by atoms with Gasteiger partial charge in [0.15, 0.2) is 0 Å². The zero-order chi connectivity index (χ0) is 25.9. The van der Waals surface area contributed by atoms with E-state index in [1.165, 1.54) is 55.2 Å². The standard InChI is InChI=1S/C28H26N4O5/c33-27-25(23-16-22(32(36)37)12-13-24(23)30-27)26(19-6-8-20(9-7-19)28(34)35)29-21-10-4-18(5-11-21)17-31-14-2-1-3-15-31/h4-13,16,29H,1-3,14-15,17H2,(H,30,33)(H,34,35)/b26-25-. The summed E-state index contributed by atoms with van der Waals surface area (Å²) in [7, 11) is 0. The SMILES string of the molecule is O=C1Nc2ccc([N+](=O)[O-])cc2/C1=C(/Nc1ccc(CN2CCCCC2)cc1)c1ccc(C(=O)O)cc1. The Morgan fingerprint density at radius 1 is 0.973 bits per heavy atom. The lowest BCUT2D eigenvalue weighted by atomic mass is 9.98. The van der Waals surface area contributed by atoms with Crippen molar-refractivity contribution in [3.63, 3.8) is 0 Å². The topological polar surface area (TPSA) is 125 Å². The summed E-state index contributed by atoms with van der Waals surface area (Å²) in [6, 6.07) is 18.3. The zero-order valence-electron chi connectivity index (χ0n) is 20.1. The number of benzene rings is 3. The molecule has 0 aliphatic carbocycles. The molecule has 0 saturated carbocycles. The Morgan fingerprint density at radius 2 is 1.65 bits per heavy atom. The third-order valence-corrected chi connectivity index (χ3v) is 6.71. The Bertz CT molecular complexity index is 1390. The van der Waals surface area contributed by atoms with E-state index in [1.807, 2.05) is 24.3 Å². The molecule has 1 saturated heterocycles. The first-order chi connectivity index (χ1) is 17.9. The number of aromatic carboxylic acids is 1. The number of anilines is 2. The van der Waals surface area contributed by atoms with Crippen molar-refractivity contribution in [2.75, 3.05) is 23.7 Å². The lowest BCUT2D eigenvalue weighted by Gasteiger charge is -2.26. The van der Waals surface area contributed by atoms with Gasteiger partial charge >= 0.3 is 5.97 Å². The molecule has 9 heteroatoms. The van der Waals surface area contributed by atoms with Gasteiger partial charge in [-0.15, -0.1) is 0 Å². The van der Waals surface area contributed by atoms with E-state index in [4.69, 9.17) is 0 Å². The van der Waals surface area contributed by atoms with Crippen LogP contribution in [0.5, 0.6) is 0 Å². The van der Waals surface area contributed by atoms with Crippen LogP contribution in [0.4, 0.5) is 17.1 Å². The Balaban J connectivity index is 1.53. The third-order valence-electron chi connectivity index (χ3n) is 6.71. The van der Waals surface area contributed by atoms with Crippen LogP contribution in [0.3, 0.4) is 0 Å². The maximum Gasteiger partial charge on any atom is 0.335 e. The van der Waals surface area contributed by atoms with E-state index < -0.39 is 16.8 Å². The molecule has 0 radical (unpaired) electrons. The molecule has 0 atom stereocenters. The summed E-state index contributed by atoms with van der Waals surface area (Å²) >= 11 is 0. The monoisotopic (exact) mass is 498 g/mol. The predicted octanol–water partition coefficient (Wildman–Crippen LogP) is 5.21. The van der Waals surface area contributed by atoms with Gasteiger partial charge in [-0.25, -0.2) is 4.79 Å². The summed E-state index contributed by atoms with van der Waals surface area (Å²) in [5, 5.41) is 26.8. The number of nitrogens with zero attached hydrogens (tertiary/aromatic N) is 2. The number of hydrogen-bond acceptors (Lipinski definition) is 6. The van der Waals surface area contributed by atoms with E-state index in [1.54, 1.807) is 12.1 Å². The maximum atomic E-state index is 13.1. The van der Waals surface area contributed by atoms with E-state index in [-0.39, 0.29) is 16.8 Å². The molecular formula is C28H26N4O5. The minimum Gasteiger partial charge on any atom is -0.478 e. The highest BCUT2D eigenvalue weighted by atomic mass is 16.6. The molecule has 5 rings (SSSR count). The van der Waals surface area contributed by atoms with Crippen LogP contribution in [0.1, 0.15) is 46.3 Å². The van der Waals surface area contributed by atoms with Crippen LogP contribution < -0.4 is 10.6 Å². The second-order valence-electron chi connectivity index (χ2n) is 9.23. The molecular weight excluding hydrogens is 472 g/mol. The van der Waals surface area contributed by atoms with Crippen molar-refractivity contribution in [2.45, 2.75) is 25.8 Å². The van der Waals surface area contributed by atoms with Crippen LogP contribution in [0, 0.1) is 10.1 Å². The molecule has 1 fully saturated rings. The quantitative estimate of drug-likeness (QED) is 0.232. The van der Waals surface area contributed by atoms with Crippen molar-refractivity contribution in [1.82, 2.24) is 4.90 Å². The molecule has 0 bridgehead atoms. The molecule has 0 unspecified atom stereocenters. The molecule has 9 nitrogen and oxygen atoms in total. The second kappa shape index (κ2) is 10.2. The molecule has 3 aromatic carbocycles. The number of rotatable bonds is 7. The van der Waals surface area contributed by atoms with Gasteiger partial charge in [0.25, 0.3) is 11.6 Å². The minimum absolute atomic E-state index is 0.113. The van der Waals surface area contributed by atoms with Crippen LogP contribution in [-0.4, -0.2) is 39.9 Å². The fourth-order valence-corrected chi connectivity index (χ4v) is 4.79. The molecule has 2 aliphatic rings. The van der Waals surface area contributed by atoms with Crippen molar-refractivity contribution in [2.24, 2.45) is 0 Å². The lowest BCUT2D eigenvalue weighted by Crippen LogP contribution is -2.29. The van der Waals surface area contributed by atoms with Gasteiger partial charge in [0.1, 0.15) is 0 Å². The highest BCUT2D eigenvalue weighted by Crippen LogP contribution is 2.39. The number of carboxylic acid groups (broad SMARTS) is 1.